The first-order valence-corrected chi connectivity index (χ1v) is 6.98. The van der Waals surface area contributed by atoms with Crippen molar-refractivity contribution in [2.75, 3.05) is 26.9 Å². The summed E-state index contributed by atoms with van der Waals surface area (Å²) in [6.45, 7) is 1.77. The molecule has 0 heterocycles. The minimum atomic E-state index is 0.0388. The first-order valence-electron chi connectivity index (χ1n) is 6.98. The van der Waals surface area contributed by atoms with E-state index in [0.29, 0.717) is 19.8 Å². The Morgan fingerprint density at radius 3 is 2.84 bits per heavy atom. The van der Waals surface area contributed by atoms with Gasteiger partial charge in [0.2, 0.25) is 0 Å². The van der Waals surface area contributed by atoms with Crippen LogP contribution in [0.25, 0.3) is 0 Å². The number of hydrazine groups is 1. The molecule has 0 spiro atoms. The van der Waals surface area contributed by atoms with Gasteiger partial charge >= 0.3 is 0 Å². The Hall–Kier alpha value is -0.940. The van der Waals surface area contributed by atoms with Crippen molar-refractivity contribution >= 4 is 0 Å². The topological polar surface area (TPSA) is 56.5 Å². The van der Waals surface area contributed by atoms with Crippen molar-refractivity contribution in [2.24, 2.45) is 5.84 Å². The molecule has 0 bridgehead atoms. The predicted octanol–water partition coefficient (Wildman–Crippen LogP) is 2.12. The van der Waals surface area contributed by atoms with Gasteiger partial charge in [0, 0.05) is 7.11 Å². The van der Waals surface area contributed by atoms with Crippen LogP contribution in [0.2, 0.25) is 0 Å². The number of ether oxygens (including phenoxy) is 2. The average molecular weight is 264 g/mol. The second-order valence-electron chi connectivity index (χ2n) is 5.08. The normalized spacial score (nSPS) is 17.2. The molecule has 1 aromatic rings. The standard InChI is InChI=1S/C15H24N2O2/c1-18-8-9-19-11-15(17-16)14-7-3-6-13(10-14)12-4-2-5-12/h3,6-7,10,12,15,17H,2,4-5,8-9,11,16H2,1H3. The summed E-state index contributed by atoms with van der Waals surface area (Å²) in [7, 11) is 1.67. The third-order valence-electron chi connectivity index (χ3n) is 3.81. The minimum Gasteiger partial charge on any atom is -0.382 e. The van der Waals surface area contributed by atoms with Gasteiger partial charge in [0.25, 0.3) is 0 Å². The molecule has 0 radical (unpaired) electrons. The molecule has 1 atom stereocenters. The van der Waals surface area contributed by atoms with Crippen LogP contribution >= 0.6 is 0 Å². The smallest absolute Gasteiger partial charge is 0.0701 e. The van der Waals surface area contributed by atoms with E-state index in [-0.39, 0.29) is 6.04 Å². The average Bonchev–Trinajstić information content (AvgIpc) is 2.37. The fourth-order valence-corrected chi connectivity index (χ4v) is 2.36. The van der Waals surface area contributed by atoms with Gasteiger partial charge in [-0.05, 0) is 29.9 Å². The molecule has 1 saturated carbocycles. The fourth-order valence-electron chi connectivity index (χ4n) is 2.36. The zero-order valence-electron chi connectivity index (χ0n) is 11.6. The van der Waals surface area contributed by atoms with E-state index in [1.54, 1.807) is 7.11 Å². The number of nitrogens with two attached hydrogens (primary N) is 1. The van der Waals surface area contributed by atoms with Crippen LogP contribution in [-0.2, 0) is 9.47 Å². The van der Waals surface area contributed by atoms with Crippen LogP contribution < -0.4 is 11.3 Å². The second kappa shape index (κ2) is 7.60. The highest BCUT2D eigenvalue weighted by molar-refractivity contribution is 5.29. The molecule has 2 rings (SSSR count). The van der Waals surface area contributed by atoms with Crippen LogP contribution in [0.1, 0.15) is 42.3 Å². The first-order chi connectivity index (χ1) is 9.35. The Labute approximate surface area is 115 Å². The van der Waals surface area contributed by atoms with Gasteiger partial charge in [0.15, 0.2) is 0 Å². The van der Waals surface area contributed by atoms with Gasteiger partial charge in [-0.2, -0.15) is 0 Å². The van der Waals surface area contributed by atoms with Crippen molar-refractivity contribution in [3.05, 3.63) is 35.4 Å². The van der Waals surface area contributed by atoms with Crippen LogP contribution in [0.15, 0.2) is 24.3 Å². The number of rotatable bonds is 8. The van der Waals surface area contributed by atoms with Crippen LogP contribution in [0.3, 0.4) is 0 Å². The molecule has 106 valence electrons. The maximum atomic E-state index is 5.63. The molecule has 0 saturated heterocycles. The largest absolute Gasteiger partial charge is 0.382 e. The summed E-state index contributed by atoms with van der Waals surface area (Å²) in [4.78, 5) is 0. The first kappa shape index (κ1) is 14.5. The van der Waals surface area contributed by atoms with Crippen LogP contribution in [-0.4, -0.2) is 26.9 Å². The molecular weight excluding hydrogens is 240 g/mol. The van der Waals surface area contributed by atoms with E-state index in [2.05, 4.69) is 29.7 Å². The molecule has 0 aromatic heterocycles. The Kier molecular flexibility index (Phi) is 5.79. The molecule has 1 fully saturated rings. The number of benzene rings is 1. The van der Waals surface area contributed by atoms with E-state index in [1.165, 1.54) is 30.4 Å². The van der Waals surface area contributed by atoms with Gasteiger partial charge in [0.05, 0.1) is 25.9 Å². The SMILES string of the molecule is COCCOCC(NN)c1cccc(C2CCC2)c1. The quantitative estimate of drug-likeness (QED) is 0.429. The summed E-state index contributed by atoms with van der Waals surface area (Å²) in [5.74, 6) is 6.37. The van der Waals surface area contributed by atoms with Crippen molar-refractivity contribution in [2.45, 2.75) is 31.2 Å². The summed E-state index contributed by atoms with van der Waals surface area (Å²) < 4.78 is 10.5. The summed E-state index contributed by atoms with van der Waals surface area (Å²) in [5.41, 5.74) is 5.46. The molecule has 3 N–H and O–H groups in total. The number of hydrogen-bond acceptors (Lipinski definition) is 4. The molecule has 0 aliphatic heterocycles. The lowest BCUT2D eigenvalue weighted by Gasteiger charge is -2.27. The predicted molar refractivity (Wildman–Crippen MR) is 75.8 cm³/mol. The van der Waals surface area contributed by atoms with Crippen molar-refractivity contribution in [1.82, 2.24) is 5.43 Å². The van der Waals surface area contributed by atoms with Gasteiger partial charge < -0.3 is 9.47 Å². The van der Waals surface area contributed by atoms with Gasteiger partial charge in [0.1, 0.15) is 0 Å². The molecule has 0 amide bonds. The number of methoxy groups -OCH3 is 1. The minimum absolute atomic E-state index is 0.0388. The van der Waals surface area contributed by atoms with E-state index in [9.17, 15) is 0 Å². The Morgan fingerprint density at radius 1 is 1.37 bits per heavy atom. The summed E-state index contributed by atoms with van der Waals surface area (Å²) in [6.07, 6.45) is 3.98. The zero-order chi connectivity index (χ0) is 13.5. The summed E-state index contributed by atoms with van der Waals surface area (Å²) in [5, 5.41) is 0. The van der Waals surface area contributed by atoms with Gasteiger partial charge in [-0.3, -0.25) is 11.3 Å². The molecule has 4 nitrogen and oxygen atoms in total. The lowest BCUT2D eigenvalue weighted by molar-refractivity contribution is 0.0585. The lowest BCUT2D eigenvalue weighted by atomic mass is 9.79. The maximum Gasteiger partial charge on any atom is 0.0701 e. The van der Waals surface area contributed by atoms with E-state index in [0.717, 1.165) is 5.92 Å². The highest BCUT2D eigenvalue weighted by Gasteiger charge is 2.20. The molecule has 1 aliphatic rings. The van der Waals surface area contributed by atoms with Crippen LogP contribution in [0.5, 0.6) is 0 Å². The Balaban J connectivity index is 1.93. The van der Waals surface area contributed by atoms with Crippen LogP contribution in [0, 0.1) is 0 Å². The fraction of sp³-hybridized carbons (Fsp3) is 0.600. The van der Waals surface area contributed by atoms with Crippen molar-refractivity contribution in [1.29, 1.82) is 0 Å². The summed E-state index contributed by atoms with van der Waals surface area (Å²) in [6, 6.07) is 8.73. The van der Waals surface area contributed by atoms with Gasteiger partial charge in [-0.15, -0.1) is 0 Å². The molecule has 1 unspecified atom stereocenters. The highest BCUT2D eigenvalue weighted by Crippen LogP contribution is 2.36. The van der Waals surface area contributed by atoms with E-state index < -0.39 is 0 Å². The third-order valence-corrected chi connectivity index (χ3v) is 3.81. The maximum absolute atomic E-state index is 5.63. The molecule has 1 aliphatic carbocycles. The zero-order valence-corrected chi connectivity index (χ0v) is 11.6. The van der Waals surface area contributed by atoms with Crippen molar-refractivity contribution < 1.29 is 9.47 Å². The van der Waals surface area contributed by atoms with Crippen molar-refractivity contribution in [3.63, 3.8) is 0 Å². The Morgan fingerprint density at radius 2 is 2.21 bits per heavy atom. The molecule has 4 heteroatoms. The Bertz CT molecular complexity index is 380. The monoisotopic (exact) mass is 264 g/mol. The molecule has 19 heavy (non-hydrogen) atoms. The third kappa shape index (κ3) is 4.01. The number of nitrogens with one attached hydrogen (secondary N) is 1. The van der Waals surface area contributed by atoms with Crippen molar-refractivity contribution in [3.8, 4) is 0 Å². The van der Waals surface area contributed by atoms with E-state index in [1.807, 2.05) is 0 Å². The number of hydrogen-bond donors (Lipinski definition) is 2. The summed E-state index contributed by atoms with van der Waals surface area (Å²) >= 11 is 0. The lowest BCUT2D eigenvalue weighted by Crippen LogP contribution is -2.32. The second-order valence-corrected chi connectivity index (χ2v) is 5.08. The van der Waals surface area contributed by atoms with Crippen LogP contribution in [0.4, 0.5) is 0 Å². The van der Waals surface area contributed by atoms with E-state index in [4.69, 9.17) is 15.3 Å². The molecule has 1 aromatic carbocycles. The highest BCUT2D eigenvalue weighted by atomic mass is 16.5. The molecular formula is C15H24N2O2. The van der Waals surface area contributed by atoms with Gasteiger partial charge in [-0.1, -0.05) is 30.7 Å². The van der Waals surface area contributed by atoms with E-state index >= 15 is 0 Å². The van der Waals surface area contributed by atoms with Gasteiger partial charge in [-0.25, -0.2) is 0 Å².